The number of aryl methyl sites for hydroxylation is 1. The first-order valence-electron chi connectivity index (χ1n) is 9.44. The first-order valence-corrected chi connectivity index (χ1v) is 10.3. The highest BCUT2D eigenvalue weighted by atomic mass is 32.2. The molecule has 1 aromatic heterocycles. The van der Waals surface area contributed by atoms with Gasteiger partial charge in [0, 0.05) is 24.3 Å². The van der Waals surface area contributed by atoms with Crippen LogP contribution in [0.3, 0.4) is 0 Å². The molecule has 1 aliphatic heterocycles. The Hall–Kier alpha value is -2.65. The number of benzene rings is 1. The molecule has 1 saturated heterocycles. The lowest BCUT2D eigenvalue weighted by Crippen LogP contribution is -2.38. The van der Waals surface area contributed by atoms with Crippen molar-refractivity contribution >= 4 is 23.5 Å². The van der Waals surface area contributed by atoms with Crippen LogP contribution in [0.15, 0.2) is 41.4 Å². The molecule has 2 heterocycles. The average Bonchev–Trinajstić information content (AvgIpc) is 2.72. The van der Waals surface area contributed by atoms with Crippen molar-refractivity contribution in [2.75, 3.05) is 13.1 Å². The first kappa shape index (κ1) is 20.1. The predicted octanol–water partition coefficient (Wildman–Crippen LogP) is 4.31. The number of hydrogen-bond acceptors (Lipinski definition) is 5. The fourth-order valence-corrected chi connectivity index (χ4v) is 4.58. The second-order valence-electron chi connectivity index (χ2n) is 6.94. The summed E-state index contributed by atoms with van der Waals surface area (Å²) in [5, 5.41) is 9.60. The van der Waals surface area contributed by atoms with Gasteiger partial charge in [-0.3, -0.25) is 9.59 Å². The van der Waals surface area contributed by atoms with Gasteiger partial charge in [-0.15, -0.1) is 0 Å². The Labute approximate surface area is 169 Å². The third kappa shape index (κ3) is 4.42. The number of nitrogens with zero attached hydrogens (tertiary/aromatic N) is 3. The van der Waals surface area contributed by atoms with Gasteiger partial charge < -0.3 is 4.90 Å². The predicted molar refractivity (Wildman–Crippen MR) is 109 cm³/mol. The summed E-state index contributed by atoms with van der Waals surface area (Å²) >= 11 is 1.29. The molecule has 1 aliphatic rings. The lowest BCUT2D eigenvalue weighted by Gasteiger charge is -2.30. The van der Waals surface area contributed by atoms with E-state index >= 15 is 0 Å². The van der Waals surface area contributed by atoms with Crippen LogP contribution in [0.25, 0.3) is 0 Å². The zero-order valence-electron chi connectivity index (χ0n) is 16.1. The van der Waals surface area contributed by atoms with Crippen molar-refractivity contribution in [1.82, 2.24) is 9.88 Å². The summed E-state index contributed by atoms with van der Waals surface area (Å²) in [4.78, 5) is 31.5. The lowest BCUT2D eigenvalue weighted by atomic mass is 10.1. The molecule has 6 heteroatoms. The van der Waals surface area contributed by atoms with E-state index in [1.165, 1.54) is 18.7 Å². The van der Waals surface area contributed by atoms with Gasteiger partial charge in [0.05, 0.1) is 5.56 Å². The minimum absolute atomic E-state index is 0.0508. The number of nitriles is 1. The van der Waals surface area contributed by atoms with Crippen molar-refractivity contribution < 1.29 is 9.59 Å². The molecular weight excluding hydrogens is 370 g/mol. The molecule has 0 spiro atoms. The van der Waals surface area contributed by atoms with Crippen LogP contribution in [0.1, 0.15) is 58.6 Å². The second kappa shape index (κ2) is 9.03. The Bertz CT molecular complexity index is 915. The van der Waals surface area contributed by atoms with Crippen molar-refractivity contribution in [1.29, 1.82) is 5.26 Å². The number of thioether (sulfide) groups is 1. The summed E-state index contributed by atoms with van der Waals surface area (Å²) in [6.07, 6.45) is 3.19. The summed E-state index contributed by atoms with van der Waals surface area (Å²) in [5.41, 5.74) is 2.24. The number of rotatable bonds is 5. The van der Waals surface area contributed by atoms with Crippen molar-refractivity contribution in [3.8, 4) is 6.07 Å². The summed E-state index contributed by atoms with van der Waals surface area (Å²) in [6.45, 7) is 4.75. The highest BCUT2D eigenvalue weighted by Gasteiger charge is 2.29. The Morgan fingerprint density at radius 1 is 1.18 bits per heavy atom. The standard InChI is InChI=1S/C22H23N3O2S/c1-15-19(16(2)26)13-18(14-23)21(24-15)28-20(17-9-5-3-6-10-17)22(27)25-11-7-4-8-12-25/h3,5-6,9-10,13,20H,4,7-8,11-12H2,1-2H3/t20-/m1/s1. The number of carbonyl (C=O) groups excluding carboxylic acids is 2. The van der Waals surface area contributed by atoms with E-state index in [0.29, 0.717) is 21.8 Å². The molecule has 3 rings (SSSR count). The number of pyridine rings is 1. The third-order valence-electron chi connectivity index (χ3n) is 4.90. The van der Waals surface area contributed by atoms with Crippen molar-refractivity contribution in [2.24, 2.45) is 0 Å². The molecule has 0 N–H and O–H groups in total. The van der Waals surface area contributed by atoms with Crippen molar-refractivity contribution in [3.05, 3.63) is 58.8 Å². The average molecular weight is 394 g/mol. The molecular formula is C22H23N3O2S. The molecule has 0 unspecified atom stereocenters. The van der Waals surface area contributed by atoms with Gasteiger partial charge >= 0.3 is 0 Å². The van der Waals surface area contributed by atoms with E-state index in [-0.39, 0.29) is 11.7 Å². The number of aromatic nitrogens is 1. The molecule has 144 valence electrons. The quantitative estimate of drug-likeness (QED) is 0.559. The Kier molecular flexibility index (Phi) is 6.48. The molecule has 2 aromatic rings. The molecule has 1 aromatic carbocycles. The van der Waals surface area contributed by atoms with Gasteiger partial charge in [0.2, 0.25) is 5.91 Å². The SMILES string of the molecule is CC(=O)c1cc(C#N)c(S[C@@H](C(=O)N2CCCCC2)c2ccccc2)nc1C. The third-order valence-corrected chi connectivity index (χ3v) is 6.15. The lowest BCUT2D eigenvalue weighted by molar-refractivity contribution is -0.131. The van der Waals surface area contributed by atoms with E-state index < -0.39 is 5.25 Å². The maximum atomic E-state index is 13.3. The number of hydrogen-bond donors (Lipinski definition) is 0. The first-order chi connectivity index (χ1) is 13.5. The van der Waals surface area contributed by atoms with Gasteiger partial charge in [-0.2, -0.15) is 5.26 Å². The normalized spacial score (nSPS) is 15.0. The second-order valence-corrected chi connectivity index (χ2v) is 8.03. The van der Waals surface area contributed by atoms with Crippen LogP contribution in [0.4, 0.5) is 0 Å². The highest BCUT2D eigenvalue weighted by molar-refractivity contribution is 8.00. The Balaban J connectivity index is 1.98. The fourth-order valence-electron chi connectivity index (χ4n) is 3.39. The van der Waals surface area contributed by atoms with Gasteiger partial charge in [-0.05, 0) is 44.7 Å². The van der Waals surface area contributed by atoms with Crippen LogP contribution in [-0.2, 0) is 4.79 Å². The van der Waals surface area contributed by atoms with E-state index in [0.717, 1.165) is 37.9 Å². The number of carbonyl (C=O) groups is 2. The van der Waals surface area contributed by atoms with Crippen LogP contribution < -0.4 is 0 Å². The number of amides is 1. The minimum atomic E-state index is -0.471. The van der Waals surface area contributed by atoms with Gasteiger partial charge in [-0.1, -0.05) is 42.1 Å². The molecule has 1 amide bonds. The summed E-state index contributed by atoms with van der Waals surface area (Å²) < 4.78 is 0. The molecule has 1 fully saturated rings. The van der Waals surface area contributed by atoms with Gasteiger partial charge in [0.1, 0.15) is 16.3 Å². The Morgan fingerprint density at radius 3 is 2.46 bits per heavy atom. The van der Waals surface area contributed by atoms with E-state index in [9.17, 15) is 14.9 Å². The van der Waals surface area contributed by atoms with Crippen molar-refractivity contribution in [2.45, 2.75) is 43.4 Å². The van der Waals surface area contributed by atoms with E-state index in [1.807, 2.05) is 35.2 Å². The van der Waals surface area contributed by atoms with E-state index in [1.54, 1.807) is 13.0 Å². The molecule has 1 atom stereocenters. The molecule has 28 heavy (non-hydrogen) atoms. The van der Waals surface area contributed by atoms with Crippen LogP contribution in [0.5, 0.6) is 0 Å². The van der Waals surface area contributed by atoms with Crippen LogP contribution >= 0.6 is 11.8 Å². The smallest absolute Gasteiger partial charge is 0.240 e. The summed E-state index contributed by atoms with van der Waals surface area (Å²) in [7, 11) is 0. The highest BCUT2D eigenvalue weighted by Crippen LogP contribution is 2.38. The van der Waals surface area contributed by atoms with Gasteiger partial charge in [0.15, 0.2) is 5.78 Å². The van der Waals surface area contributed by atoms with Crippen LogP contribution in [0.2, 0.25) is 0 Å². The maximum absolute atomic E-state index is 13.3. The molecule has 0 radical (unpaired) electrons. The van der Waals surface area contributed by atoms with Crippen LogP contribution in [0, 0.1) is 18.3 Å². The zero-order valence-corrected chi connectivity index (χ0v) is 17.0. The maximum Gasteiger partial charge on any atom is 0.240 e. The molecule has 0 saturated carbocycles. The number of likely N-dealkylation sites (tertiary alicyclic amines) is 1. The monoisotopic (exact) mass is 393 g/mol. The van der Waals surface area contributed by atoms with Gasteiger partial charge in [0.25, 0.3) is 0 Å². The zero-order chi connectivity index (χ0) is 20.1. The summed E-state index contributed by atoms with van der Waals surface area (Å²) in [5.74, 6) is -0.0723. The number of Topliss-reactive ketones (excluding diaryl/α,β-unsaturated/α-hetero) is 1. The topological polar surface area (TPSA) is 74.1 Å². The van der Waals surface area contributed by atoms with E-state index in [4.69, 9.17) is 0 Å². The van der Waals surface area contributed by atoms with Gasteiger partial charge in [-0.25, -0.2) is 4.98 Å². The summed E-state index contributed by atoms with van der Waals surface area (Å²) in [6, 6.07) is 13.3. The molecule has 0 bridgehead atoms. The minimum Gasteiger partial charge on any atom is -0.341 e. The van der Waals surface area contributed by atoms with Crippen LogP contribution in [-0.4, -0.2) is 34.7 Å². The number of piperidine rings is 1. The molecule has 0 aliphatic carbocycles. The van der Waals surface area contributed by atoms with E-state index in [2.05, 4.69) is 11.1 Å². The Morgan fingerprint density at radius 2 is 1.86 bits per heavy atom. The van der Waals surface area contributed by atoms with Crippen molar-refractivity contribution in [3.63, 3.8) is 0 Å². The molecule has 5 nitrogen and oxygen atoms in total. The largest absolute Gasteiger partial charge is 0.341 e. The number of ketones is 1. The fraction of sp³-hybridized carbons (Fsp3) is 0.364.